The summed E-state index contributed by atoms with van der Waals surface area (Å²) in [5, 5.41) is 9.04. The highest BCUT2D eigenvalue weighted by molar-refractivity contribution is 5.78. The third kappa shape index (κ3) is 7.82. The van der Waals surface area contributed by atoms with Gasteiger partial charge in [0, 0.05) is 25.9 Å². The lowest BCUT2D eigenvalue weighted by molar-refractivity contribution is -0.122. The van der Waals surface area contributed by atoms with Crippen LogP contribution in [0.15, 0.2) is 0 Å². The number of hydrogen-bond acceptors (Lipinski definition) is 3. The average Bonchev–Trinajstić information content (AvgIpc) is 2.40. The van der Waals surface area contributed by atoms with Crippen molar-refractivity contribution in [1.29, 1.82) is 0 Å². The van der Waals surface area contributed by atoms with Gasteiger partial charge < -0.3 is 16.0 Å². The monoisotopic (exact) mass is 269 g/mol. The minimum atomic E-state index is 0.0311. The molecule has 1 aliphatic heterocycles. The van der Waals surface area contributed by atoms with Crippen molar-refractivity contribution in [2.75, 3.05) is 26.2 Å². The lowest BCUT2D eigenvalue weighted by atomic mass is 9.96. The van der Waals surface area contributed by atoms with Crippen LogP contribution in [0.5, 0.6) is 0 Å². The number of rotatable bonds is 8. The van der Waals surface area contributed by atoms with Crippen LogP contribution in [-0.4, -0.2) is 38.0 Å². The fourth-order valence-corrected chi connectivity index (χ4v) is 2.37. The Morgan fingerprint density at radius 3 is 2.58 bits per heavy atom. The first-order valence-corrected chi connectivity index (χ1v) is 7.46. The summed E-state index contributed by atoms with van der Waals surface area (Å²) in [6, 6.07) is 0. The molecule has 0 bridgehead atoms. The van der Waals surface area contributed by atoms with Crippen LogP contribution < -0.4 is 16.0 Å². The van der Waals surface area contributed by atoms with Gasteiger partial charge in [-0.15, -0.1) is 0 Å². The standard InChI is InChI=1S/C14H27N3O2/c1-2-16-13(18)6-3-7-14(19)17-10-8-12-5-4-9-15-11-12/h12,15H,2-11H2,1H3,(H,16,18)(H,17,19). The Morgan fingerprint density at radius 1 is 1.21 bits per heavy atom. The van der Waals surface area contributed by atoms with Gasteiger partial charge in [0.05, 0.1) is 0 Å². The number of carbonyl (C=O) groups excluding carboxylic acids is 2. The molecule has 1 fully saturated rings. The van der Waals surface area contributed by atoms with Crippen LogP contribution in [0.3, 0.4) is 0 Å². The largest absolute Gasteiger partial charge is 0.356 e. The van der Waals surface area contributed by atoms with Gasteiger partial charge in [-0.3, -0.25) is 9.59 Å². The van der Waals surface area contributed by atoms with E-state index in [1.807, 2.05) is 6.92 Å². The second-order valence-electron chi connectivity index (χ2n) is 5.16. The van der Waals surface area contributed by atoms with E-state index in [1.165, 1.54) is 12.8 Å². The van der Waals surface area contributed by atoms with Crippen molar-refractivity contribution in [2.24, 2.45) is 5.92 Å². The number of piperidine rings is 1. The molecule has 1 atom stereocenters. The second kappa shape index (κ2) is 9.78. The minimum absolute atomic E-state index is 0.0311. The van der Waals surface area contributed by atoms with E-state index in [0.29, 0.717) is 31.7 Å². The highest BCUT2D eigenvalue weighted by Gasteiger charge is 2.12. The van der Waals surface area contributed by atoms with Gasteiger partial charge in [0.15, 0.2) is 0 Å². The first-order valence-electron chi connectivity index (χ1n) is 7.46. The van der Waals surface area contributed by atoms with E-state index in [0.717, 1.165) is 26.1 Å². The zero-order valence-corrected chi connectivity index (χ0v) is 12.0. The van der Waals surface area contributed by atoms with Crippen LogP contribution in [0, 0.1) is 5.92 Å². The zero-order chi connectivity index (χ0) is 13.9. The first kappa shape index (κ1) is 16.0. The Hall–Kier alpha value is -1.10. The molecule has 0 spiro atoms. The minimum Gasteiger partial charge on any atom is -0.356 e. The van der Waals surface area contributed by atoms with E-state index < -0.39 is 0 Å². The molecular weight excluding hydrogens is 242 g/mol. The summed E-state index contributed by atoms with van der Waals surface area (Å²) < 4.78 is 0. The number of nitrogens with one attached hydrogen (secondary N) is 3. The molecule has 0 aromatic rings. The van der Waals surface area contributed by atoms with Gasteiger partial charge in [0.1, 0.15) is 0 Å². The van der Waals surface area contributed by atoms with Gasteiger partial charge in [-0.2, -0.15) is 0 Å². The van der Waals surface area contributed by atoms with Crippen LogP contribution in [0.2, 0.25) is 0 Å². The fourth-order valence-electron chi connectivity index (χ4n) is 2.37. The lowest BCUT2D eigenvalue weighted by Crippen LogP contribution is -2.33. The summed E-state index contributed by atoms with van der Waals surface area (Å²) in [5.74, 6) is 0.793. The Labute approximate surface area is 115 Å². The van der Waals surface area contributed by atoms with E-state index in [2.05, 4.69) is 16.0 Å². The molecule has 110 valence electrons. The van der Waals surface area contributed by atoms with E-state index in [1.54, 1.807) is 0 Å². The molecule has 1 heterocycles. The summed E-state index contributed by atoms with van der Waals surface area (Å²) in [5.41, 5.74) is 0. The molecule has 1 saturated heterocycles. The summed E-state index contributed by atoms with van der Waals surface area (Å²) in [6.45, 7) is 5.51. The van der Waals surface area contributed by atoms with Crippen molar-refractivity contribution in [3.63, 3.8) is 0 Å². The van der Waals surface area contributed by atoms with Gasteiger partial charge >= 0.3 is 0 Å². The molecule has 1 rings (SSSR count). The van der Waals surface area contributed by atoms with Crippen LogP contribution in [0.25, 0.3) is 0 Å². The predicted octanol–water partition coefficient (Wildman–Crippen LogP) is 0.799. The Balaban J connectivity index is 1.96. The fraction of sp³-hybridized carbons (Fsp3) is 0.857. The molecule has 0 aromatic carbocycles. The molecule has 0 saturated carbocycles. The molecule has 1 aliphatic rings. The zero-order valence-electron chi connectivity index (χ0n) is 12.0. The average molecular weight is 269 g/mol. The number of carbonyl (C=O) groups is 2. The quantitative estimate of drug-likeness (QED) is 0.610. The predicted molar refractivity (Wildman–Crippen MR) is 75.8 cm³/mol. The SMILES string of the molecule is CCNC(=O)CCCC(=O)NCCC1CCCNC1. The lowest BCUT2D eigenvalue weighted by Gasteiger charge is -2.22. The molecule has 2 amide bonds. The van der Waals surface area contributed by atoms with Crippen molar-refractivity contribution in [3.05, 3.63) is 0 Å². The second-order valence-corrected chi connectivity index (χ2v) is 5.16. The van der Waals surface area contributed by atoms with Crippen molar-refractivity contribution in [2.45, 2.75) is 45.4 Å². The maximum atomic E-state index is 11.6. The van der Waals surface area contributed by atoms with Crippen LogP contribution in [0.4, 0.5) is 0 Å². The van der Waals surface area contributed by atoms with Crippen LogP contribution in [0.1, 0.15) is 45.4 Å². The Morgan fingerprint density at radius 2 is 1.95 bits per heavy atom. The van der Waals surface area contributed by atoms with Gasteiger partial charge in [0.25, 0.3) is 0 Å². The number of amides is 2. The van der Waals surface area contributed by atoms with Crippen molar-refractivity contribution >= 4 is 11.8 Å². The van der Waals surface area contributed by atoms with E-state index in [9.17, 15) is 9.59 Å². The first-order chi connectivity index (χ1) is 9.22. The highest BCUT2D eigenvalue weighted by Crippen LogP contribution is 2.12. The molecule has 0 aromatic heterocycles. The summed E-state index contributed by atoms with van der Waals surface area (Å²) in [7, 11) is 0. The van der Waals surface area contributed by atoms with E-state index in [-0.39, 0.29) is 11.8 Å². The molecule has 5 nitrogen and oxygen atoms in total. The molecule has 0 aliphatic carbocycles. The van der Waals surface area contributed by atoms with Crippen molar-refractivity contribution < 1.29 is 9.59 Å². The van der Waals surface area contributed by atoms with Crippen LogP contribution in [-0.2, 0) is 9.59 Å². The maximum Gasteiger partial charge on any atom is 0.220 e. The molecular formula is C14H27N3O2. The van der Waals surface area contributed by atoms with Crippen molar-refractivity contribution in [3.8, 4) is 0 Å². The van der Waals surface area contributed by atoms with Gasteiger partial charge in [-0.25, -0.2) is 0 Å². The van der Waals surface area contributed by atoms with E-state index >= 15 is 0 Å². The summed E-state index contributed by atoms with van der Waals surface area (Å²) >= 11 is 0. The topological polar surface area (TPSA) is 70.2 Å². The Bertz CT molecular complexity index is 276. The highest BCUT2D eigenvalue weighted by atomic mass is 16.2. The normalized spacial score (nSPS) is 18.9. The Kier molecular flexibility index (Phi) is 8.21. The maximum absolute atomic E-state index is 11.6. The smallest absolute Gasteiger partial charge is 0.220 e. The van der Waals surface area contributed by atoms with Crippen LogP contribution >= 0.6 is 0 Å². The molecule has 19 heavy (non-hydrogen) atoms. The third-order valence-electron chi connectivity index (χ3n) is 3.46. The van der Waals surface area contributed by atoms with Gasteiger partial charge in [-0.1, -0.05) is 0 Å². The van der Waals surface area contributed by atoms with Gasteiger partial charge in [-0.05, 0) is 51.6 Å². The molecule has 1 unspecified atom stereocenters. The number of hydrogen-bond donors (Lipinski definition) is 3. The summed E-state index contributed by atoms with van der Waals surface area (Å²) in [4.78, 5) is 22.8. The molecule has 3 N–H and O–H groups in total. The summed E-state index contributed by atoms with van der Waals surface area (Å²) in [6.07, 6.45) is 5.07. The van der Waals surface area contributed by atoms with Crippen molar-refractivity contribution in [1.82, 2.24) is 16.0 Å². The van der Waals surface area contributed by atoms with E-state index in [4.69, 9.17) is 0 Å². The molecule has 5 heteroatoms. The van der Waals surface area contributed by atoms with Gasteiger partial charge in [0.2, 0.25) is 11.8 Å². The third-order valence-corrected chi connectivity index (χ3v) is 3.46. The molecule has 0 radical (unpaired) electrons.